The SMILES string of the molecule is COC(=O)CSc1cccc2ccccc12. The number of hydrogen-bond acceptors (Lipinski definition) is 3. The molecule has 0 aliphatic rings. The van der Waals surface area contributed by atoms with Crippen molar-refractivity contribution in [2.45, 2.75) is 4.90 Å². The molecule has 2 nitrogen and oxygen atoms in total. The Morgan fingerprint density at radius 1 is 1.19 bits per heavy atom. The number of rotatable bonds is 3. The van der Waals surface area contributed by atoms with Crippen molar-refractivity contribution in [3.8, 4) is 0 Å². The summed E-state index contributed by atoms with van der Waals surface area (Å²) in [6.45, 7) is 0. The van der Waals surface area contributed by atoms with Crippen LogP contribution in [-0.2, 0) is 9.53 Å². The molecule has 0 bridgehead atoms. The first-order valence-corrected chi connectivity index (χ1v) is 5.97. The average Bonchev–Trinajstić information content (AvgIpc) is 2.35. The first-order valence-electron chi connectivity index (χ1n) is 4.98. The number of fused-ring (bicyclic) bond motifs is 1. The highest BCUT2D eigenvalue weighted by Gasteiger charge is 2.04. The van der Waals surface area contributed by atoms with Crippen LogP contribution < -0.4 is 0 Å². The molecule has 0 aliphatic heterocycles. The van der Waals surface area contributed by atoms with Crippen molar-refractivity contribution in [1.29, 1.82) is 0 Å². The minimum Gasteiger partial charge on any atom is -0.468 e. The maximum atomic E-state index is 11.1. The summed E-state index contributed by atoms with van der Waals surface area (Å²) < 4.78 is 4.62. The Labute approximate surface area is 98.6 Å². The van der Waals surface area contributed by atoms with E-state index in [1.54, 1.807) is 0 Å². The van der Waals surface area contributed by atoms with E-state index in [4.69, 9.17) is 0 Å². The minimum absolute atomic E-state index is 0.196. The third-order valence-electron chi connectivity index (χ3n) is 2.32. The molecule has 3 heteroatoms. The van der Waals surface area contributed by atoms with Crippen molar-refractivity contribution >= 4 is 28.5 Å². The third kappa shape index (κ3) is 2.36. The van der Waals surface area contributed by atoms with Gasteiger partial charge in [-0.05, 0) is 16.8 Å². The average molecular weight is 232 g/mol. The second kappa shape index (κ2) is 5.03. The zero-order valence-electron chi connectivity index (χ0n) is 8.97. The van der Waals surface area contributed by atoms with Crippen LogP contribution in [0.2, 0.25) is 0 Å². The molecule has 0 saturated carbocycles. The number of carbonyl (C=O) groups is 1. The van der Waals surface area contributed by atoms with Gasteiger partial charge < -0.3 is 4.74 Å². The van der Waals surface area contributed by atoms with Crippen LogP contribution in [0.1, 0.15) is 0 Å². The van der Waals surface area contributed by atoms with Gasteiger partial charge in [0.05, 0.1) is 12.9 Å². The van der Waals surface area contributed by atoms with Crippen LogP contribution in [-0.4, -0.2) is 18.8 Å². The number of thioether (sulfide) groups is 1. The predicted molar refractivity (Wildman–Crippen MR) is 66.7 cm³/mol. The van der Waals surface area contributed by atoms with Gasteiger partial charge in [0.1, 0.15) is 0 Å². The van der Waals surface area contributed by atoms with Crippen LogP contribution in [0.4, 0.5) is 0 Å². The van der Waals surface area contributed by atoms with Gasteiger partial charge in [0, 0.05) is 4.90 Å². The van der Waals surface area contributed by atoms with Gasteiger partial charge in [-0.3, -0.25) is 4.79 Å². The number of carbonyl (C=O) groups excluding carboxylic acids is 1. The van der Waals surface area contributed by atoms with Crippen molar-refractivity contribution < 1.29 is 9.53 Å². The van der Waals surface area contributed by atoms with Crippen LogP contribution in [0.25, 0.3) is 10.8 Å². The Hall–Kier alpha value is -1.48. The number of benzene rings is 2. The summed E-state index contributed by atoms with van der Waals surface area (Å²) in [7, 11) is 1.41. The summed E-state index contributed by atoms with van der Waals surface area (Å²) in [6.07, 6.45) is 0. The Morgan fingerprint density at radius 2 is 1.94 bits per heavy atom. The smallest absolute Gasteiger partial charge is 0.315 e. The molecule has 0 spiro atoms. The van der Waals surface area contributed by atoms with Crippen molar-refractivity contribution in [2.24, 2.45) is 0 Å². The monoisotopic (exact) mass is 232 g/mol. The van der Waals surface area contributed by atoms with Crippen molar-refractivity contribution in [2.75, 3.05) is 12.9 Å². The molecule has 16 heavy (non-hydrogen) atoms. The fourth-order valence-corrected chi connectivity index (χ4v) is 2.42. The lowest BCUT2D eigenvalue weighted by molar-refractivity contribution is -0.137. The zero-order valence-corrected chi connectivity index (χ0v) is 9.79. The van der Waals surface area contributed by atoms with Crippen LogP contribution in [0.5, 0.6) is 0 Å². The summed E-state index contributed by atoms with van der Waals surface area (Å²) in [6, 6.07) is 14.2. The van der Waals surface area contributed by atoms with E-state index in [1.165, 1.54) is 29.6 Å². The van der Waals surface area contributed by atoms with Gasteiger partial charge in [-0.1, -0.05) is 36.4 Å². The van der Waals surface area contributed by atoms with E-state index in [2.05, 4.69) is 22.9 Å². The minimum atomic E-state index is -0.196. The molecule has 0 aromatic heterocycles. The van der Waals surface area contributed by atoms with Gasteiger partial charge in [0.25, 0.3) is 0 Å². The largest absolute Gasteiger partial charge is 0.468 e. The molecule has 0 saturated heterocycles. The molecule has 0 heterocycles. The summed E-state index contributed by atoms with van der Waals surface area (Å²) in [5, 5.41) is 2.37. The summed E-state index contributed by atoms with van der Waals surface area (Å²) in [4.78, 5) is 12.2. The quantitative estimate of drug-likeness (QED) is 0.601. The van der Waals surface area contributed by atoms with Crippen LogP contribution in [0.3, 0.4) is 0 Å². The van der Waals surface area contributed by atoms with Gasteiger partial charge in [0.15, 0.2) is 0 Å². The molecule has 2 aromatic rings. The number of hydrogen-bond donors (Lipinski definition) is 0. The Morgan fingerprint density at radius 3 is 2.75 bits per heavy atom. The maximum absolute atomic E-state index is 11.1. The predicted octanol–water partition coefficient (Wildman–Crippen LogP) is 3.10. The molecule has 0 atom stereocenters. The molecule has 82 valence electrons. The Bertz CT molecular complexity index is 503. The molecule has 2 aromatic carbocycles. The molecule has 0 fully saturated rings. The van der Waals surface area contributed by atoms with Crippen LogP contribution >= 0.6 is 11.8 Å². The highest BCUT2D eigenvalue weighted by molar-refractivity contribution is 8.00. The second-order valence-electron chi connectivity index (χ2n) is 3.34. The van der Waals surface area contributed by atoms with Crippen molar-refractivity contribution in [3.63, 3.8) is 0 Å². The van der Waals surface area contributed by atoms with E-state index in [0.29, 0.717) is 5.75 Å². The van der Waals surface area contributed by atoms with Gasteiger partial charge in [-0.15, -0.1) is 11.8 Å². The normalized spacial score (nSPS) is 10.3. The highest BCUT2D eigenvalue weighted by atomic mass is 32.2. The molecule has 2 rings (SSSR count). The van der Waals surface area contributed by atoms with Crippen molar-refractivity contribution in [1.82, 2.24) is 0 Å². The lowest BCUT2D eigenvalue weighted by Gasteiger charge is -2.05. The zero-order chi connectivity index (χ0) is 11.4. The summed E-state index contributed by atoms with van der Waals surface area (Å²) in [5.41, 5.74) is 0. The topological polar surface area (TPSA) is 26.3 Å². The van der Waals surface area contributed by atoms with E-state index < -0.39 is 0 Å². The van der Waals surface area contributed by atoms with Crippen LogP contribution in [0.15, 0.2) is 47.4 Å². The fraction of sp³-hybridized carbons (Fsp3) is 0.154. The van der Waals surface area contributed by atoms with Gasteiger partial charge in [-0.2, -0.15) is 0 Å². The van der Waals surface area contributed by atoms with Gasteiger partial charge >= 0.3 is 5.97 Å². The van der Waals surface area contributed by atoms with E-state index in [0.717, 1.165) is 4.90 Å². The second-order valence-corrected chi connectivity index (χ2v) is 4.36. The van der Waals surface area contributed by atoms with E-state index >= 15 is 0 Å². The number of methoxy groups -OCH3 is 1. The molecular formula is C13H12O2S. The van der Waals surface area contributed by atoms with E-state index in [9.17, 15) is 4.79 Å². The number of esters is 1. The number of ether oxygens (including phenoxy) is 1. The van der Waals surface area contributed by atoms with Crippen LogP contribution in [0, 0.1) is 0 Å². The molecule has 0 N–H and O–H groups in total. The molecule has 0 radical (unpaired) electrons. The first-order chi connectivity index (χ1) is 7.81. The van der Waals surface area contributed by atoms with Gasteiger partial charge in [-0.25, -0.2) is 0 Å². The van der Waals surface area contributed by atoms with Crippen molar-refractivity contribution in [3.05, 3.63) is 42.5 Å². The lowest BCUT2D eigenvalue weighted by atomic mass is 10.1. The molecule has 0 amide bonds. The molecule has 0 unspecified atom stereocenters. The maximum Gasteiger partial charge on any atom is 0.315 e. The fourth-order valence-electron chi connectivity index (χ4n) is 1.52. The Balaban J connectivity index is 2.27. The standard InChI is InChI=1S/C13H12O2S/c1-15-13(14)9-16-12-8-4-6-10-5-2-3-7-11(10)12/h2-8H,9H2,1H3. The van der Waals surface area contributed by atoms with Gasteiger partial charge in [0.2, 0.25) is 0 Å². The first kappa shape index (κ1) is 11.0. The summed E-state index contributed by atoms with van der Waals surface area (Å²) >= 11 is 1.51. The summed E-state index contributed by atoms with van der Waals surface area (Å²) in [5.74, 6) is 0.155. The van der Waals surface area contributed by atoms with E-state index in [1.807, 2.05) is 24.3 Å². The van der Waals surface area contributed by atoms with E-state index in [-0.39, 0.29) is 5.97 Å². The molecular weight excluding hydrogens is 220 g/mol. The highest BCUT2D eigenvalue weighted by Crippen LogP contribution is 2.27. The lowest BCUT2D eigenvalue weighted by Crippen LogP contribution is -2.02. The third-order valence-corrected chi connectivity index (χ3v) is 3.37. The molecule has 0 aliphatic carbocycles. The Kier molecular flexibility index (Phi) is 3.47.